The second kappa shape index (κ2) is 5.75. The maximum atomic E-state index is 9.12. The van der Waals surface area contributed by atoms with Gasteiger partial charge >= 0.3 is 0 Å². The van der Waals surface area contributed by atoms with Crippen molar-refractivity contribution in [2.45, 2.75) is 6.92 Å². The number of nitriles is 1. The second-order valence-corrected chi connectivity index (χ2v) is 6.21. The van der Waals surface area contributed by atoms with E-state index in [0.29, 0.717) is 34.1 Å². The summed E-state index contributed by atoms with van der Waals surface area (Å²) in [5.74, 6) is 1.19. The lowest BCUT2D eigenvalue weighted by molar-refractivity contribution is 1.03. The molecule has 27 heavy (non-hydrogen) atoms. The van der Waals surface area contributed by atoms with Crippen molar-refractivity contribution in [1.29, 1.82) is 5.26 Å². The van der Waals surface area contributed by atoms with Gasteiger partial charge in [-0.1, -0.05) is 6.07 Å². The first-order chi connectivity index (χ1) is 13.2. The highest BCUT2D eigenvalue weighted by molar-refractivity contribution is 5.87. The number of nitrogens with one attached hydrogen (secondary N) is 1. The van der Waals surface area contributed by atoms with Crippen LogP contribution in [0.15, 0.2) is 55.0 Å². The quantitative estimate of drug-likeness (QED) is 0.525. The fourth-order valence-electron chi connectivity index (χ4n) is 3.17. The molecular formula is C20H13N7. The van der Waals surface area contributed by atoms with Gasteiger partial charge in [-0.25, -0.2) is 19.9 Å². The Balaban J connectivity index is 1.78. The average molecular weight is 351 g/mol. The molecule has 0 atom stereocenters. The summed E-state index contributed by atoms with van der Waals surface area (Å²) in [6, 6.07) is 15.5. The number of fused-ring (bicyclic) bond motifs is 2. The van der Waals surface area contributed by atoms with Crippen molar-refractivity contribution < 1.29 is 0 Å². The van der Waals surface area contributed by atoms with E-state index < -0.39 is 0 Å². The Morgan fingerprint density at radius 1 is 1.07 bits per heavy atom. The Hall–Kier alpha value is -4.05. The number of nitrogens with zero attached hydrogens (tertiary/aromatic N) is 6. The Bertz CT molecular complexity index is 1350. The normalized spacial score (nSPS) is 11.1. The highest BCUT2D eigenvalue weighted by Crippen LogP contribution is 2.26. The third-order valence-electron chi connectivity index (χ3n) is 4.43. The van der Waals surface area contributed by atoms with Gasteiger partial charge in [0.05, 0.1) is 23.5 Å². The molecule has 128 valence electrons. The minimum atomic E-state index is 0.529. The smallest absolute Gasteiger partial charge is 0.182 e. The van der Waals surface area contributed by atoms with Crippen LogP contribution in [-0.4, -0.2) is 29.5 Å². The molecule has 5 rings (SSSR count). The third-order valence-corrected chi connectivity index (χ3v) is 4.43. The summed E-state index contributed by atoms with van der Waals surface area (Å²) in [6.07, 6.45) is 3.53. The highest BCUT2D eigenvalue weighted by atomic mass is 15.1. The number of H-pyrrole nitrogens is 1. The summed E-state index contributed by atoms with van der Waals surface area (Å²) >= 11 is 0. The van der Waals surface area contributed by atoms with E-state index in [1.807, 2.05) is 54.1 Å². The minimum Gasteiger partial charge on any atom is -0.329 e. The lowest BCUT2D eigenvalue weighted by atomic mass is 10.2. The Morgan fingerprint density at radius 2 is 2.00 bits per heavy atom. The molecule has 0 unspecified atom stereocenters. The number of imidazole rings is 1. The van der Waals surface area contributed by atoms with Crippen LogP contribution in [0.25, 0.3) is 39.4 Å². The number of rotatable bonds is 2. The molecule has 4 aromatic heterocycles. The summed E-state index contributed by atoms with van der Waals surface area (Å²) in [5, 5.41) is 10.1. The molecule has 0 radical (unpaired) electrons. The van der Waals surface area contributed by atoms with Crippen molar-refractivity contribution in [3.8, 4) is 23.4 Å². The van der Waals surface area contributed by atoms with Crippen molar-refractivity contribution in [1.82, 2.24) is 29.5 Å². The van der Waals surface area contributed by atoms with Gasteiger partial charge in [0.2, 0.25) is 0 Å². The zero-order valence-corrected chi connectivity index (χ0v) is 14.4. The summed E-state index contributed by atoms with van der Waals surface area (Å²) in [7, 11) is 0. The first-order valence-electron chi connectivity index (χ1n) is 8.40. The molecule has 1 N–H and O–H groups in total. The van der Waals surface area contributed by atoms with Gasteiger partial charge in [0.15, 0.2) is 22.8 Å². The predicted octanol–water partition coefficient (Wildman–Crippen LogP) is 3.54. The van der Waals surface area contributed by atoms with E-state index in [1.54, 1.807) is 12.4 Å². The third kappa shape index (κ3) is 2.43. The number of aromatic nitrogens is 6. The number of aromatic amines is 1. The van der Waals surface area contributed by atoms with Crippen LogP contribution in [0.4, 0.5) is 0 Å². The molecular weight excluding hydrogens is 338 g/mol. The molecule has 0 spiro atoms. The van der Waals surface area contributed by atoms with Crippen LogP contribution in [0.2, 0.25) is 0 Å². The SMILES string of the molecule is Cc1cccc(-c2nc(-n3ccc4cc(C#N)ccc43)c3nc[nH]c3n2)n1. The van der Waals surface area contributed by atoms with Gasteiger partial charge in [0, 0.05) is 17.3 Å². The number of hydrogen-bond donors (Lipinski definition) is 1. The van der Waals surface area contributed by atoms with Crippen molar-refractivity contribution in [3.63, 3.8) is 0 Å². The largest absolute Gasteiger partial charge is 0.329 e. The maximum Gasteiger partial charge on any atom is 0.182 e. The fraction of sp³-hybridized carbons (Fsp3) is 0.0500. The van der Waals surface area contributed by atoms with E-state index in [-0.39, 0.29) is 0 Å². The molecule has 5 aromatic rings. The van der Waals surface area contributed by atoms with Crippen LogP contribution < -0.4 is 0 Å². The Labute approximate surface area is 154 Å². The Kier molecular flexibility index (Phi) is 3.24. The van der Waals surface area contributed by atoms with Crippen LogP contribution in [-0.2, 0) is 0 Å². The lowest BCUT2D eigenvalue weighted by Crippen LogP contribution is -2.02. The van der Waals surface area contributed by atoms with Gasteiger partial charge in [-0.2, -0.15) is 5.26 Å². The molecule has 0 saturated carbocycles. The topological polar surface area (TPSA) is 96.1 Å². The molecule has 7 heteroatoms. The monoisotopic (exact) mass is 351 g/mol. The zero-order valence-electron chi connectivity index (χ0n) is 14.4. The van der Waals surface area contributed by atoms with E-state index in [4.69, 9.17) is 10.2 Å². The molecule has 0 aliphatic carbocycles. The summed E-state index contributed by atoms with van der Waals surface area (Å²) in [4.78, 5) is 21.3. The number of benzene rings is 1. The van der Waals surface area contributed by atoms with Crippen molar-refractivity contribution >= 4 is 22.1 Å². The number of aryl methyl sites for hydroxylation is 1. The number of pyridine rings is 1. The molecule has 7 nitrogen and oxygen atoms in total. The standard InChI is InChI=1S/C20H13N7/c1-12-3-2-4-15(24-12)18-25-19-17(22-11-23-19)20(26-18)27-8-7-14-9-13(10-21)5-6-16(14)27/h2-9,11H,1H3,(H,22,23,25,26). The van der Waals surface area contributed by atoms with Gasteiger partial charge in [0.1, 0.15) is 5.69 Å². The van der Waals surface area contributed by atoms with Gasteiger partial charge in [-0.3, -0.25) is 4.57 Å². The summed E-state index contributed by atoms with van der Waals surface area (Å²) in [6.45, 7) is 1.94. The summed E-state index contributed by atoms with van der Waals surface area (Å²) in [5.41, 5.74) is 4.49. The van der Waals surface area contributed by atoms with Crippen LogP contribution >= 0.6 is 0 Å². The predicted molar refractivity (Wildman–Crippen MR) is 101 cm³/mol. The second-order valence-electron chi connectivity index (χ2n) is 6.21. The maximum absolute atomic E-state index is 9.12. The van der Waals surface area contributed by atoms with E-state index in [0.717, 1.165) is 16.6 Å². The summed E-state index contributed by atoms with van der Waals surface area (Å²) < 4.78 is 1.96. The van der Waals surface area contributed by atoms with Gasteiger partial charge in [-0.05, 0) is 43.3 Å². The first-order valence-corrected chi connectivity index (χ1v) is 8.40. The molecule has 1 aromatic carbocycles. The van der Waals surface area contributed by atoms with E-state index in [1.165, 1.54) is 0 Å². The van der Waals surface area contributed by atoms with Crippen LogP contribution in [0, 0.1) is 18.3 Å². The van der Waals surface area contributed by atoms with E-state index in [2.05, 4.69) is 26.0 Å². The number of hydrogen-bond acceptors (Lipinski definition) is 5. The zero-order chi connectivity index (χ0) is 18.4. The molecule has 0 fully saturated rings. The molecule has 0 amide bonds. The first kappa shape index (κ1) is 15.2. The van der Waals surface area contributed by atoms with Crippen molar-refractivity contribution in [2.24, 2.45) is 0 Å². The van der Waals surface area contributed by atoms with E-state index in [9.17, 15) is 0 Å². The van der Waals surface area contributed by atoms with Crippen molar-refractivity contribution in [2.75, 3.05) is 0 Å². The average Bonchev–Trinajstić information content (AvgIpc) is 3.33. The van der Waals surface area contributed by atoms with Crippen LogP contribution in [0.5, 0.6) is 0 Å². The van der Waals surface area contributed by atoms with Gasteiger partial charge < -0.3 is 4.98 Å². The van der Waals surface area contributed by atoms with Gasteiger partial charge in [0.25, 0.3) is 0 Å². The highest BCUT2D eigenvalue weighted by Gasteiger charge is 2.15. The van der Waals surface area contributed by atoms with Gasteiger partial charge in [-0.15, -0.1) is 0 Å². The molecule has 0 saturated heterocycles. The van der Waals surface area contributed by atoms with Crippen LogP contribution in [0.1, 0.15) is 11.3 Å². The van der Waals surface area contributed by atoms with Crippen molar-refractivity contribution in [3.05, 3.63) is 66.2 Å². The molecule has 0 bridgehead atoms. The Morgan fingerprint density at radius 3 is 2.85 bits per heavy atom. The fourth-order valence-corrected chi connectivity index (χ4v) is 3.17. The molecule has 4 heterocycles. The van der Waals surface area contributed by atoms with Crippen LogP contribution in [0.3, 0.4) is 0 Å². The minimum absolute atomic E-state index is 0.529. The lowest BCUT2D eigenvalue weighted by Gasteiger charge is -2.08. The molecule has 0 aliphatic heterocycles. The van der Waals surface area contributed by atoms with E-state index >= 15 is 0 Å². The molecule has 0 aliphatic rings.